The number of rotatable bonds is 8. The Balaban J connectivity index is 2.30. The van der Waals surface area contributed by atoms with Crippen LogP contribution in [0.15, 0.2) is 18.2 Å². The summed E-state index contributed by atoms with van der Waals surface area (Å²) >= 11 is 0. The van der Waals surface area contributed by atoms with E-state index in [0.717, 1.165) is 12.2 Å². The topological polar surface area (TPSA) is 49.8 Å². The third-order valence-electron chi connectivity index (χ3n) is 3.12. The number of unbranched alkanes of at least 4 members (excludes halogenated alkanes) is 1. The van der Waals surface area contributed by atoms with Gasteiger partial charge in [-0.25, -0.2) is 0 Å². The van der Waals surface area contributed by atoms with Gasteiger partial charge in [0.25, 0.3) is 0 Å². The molecule has 0 aliphatic heterocycles. The molecule has 1 N–H and O–H groups in total. The van der Waals surface area contributed by atoms with Crippen LogP contribution in [-0.2, 0) is 4.79 Å². The fourth-order valence-electron chi connectivity index (χ4n) is 2.02. The number of benzene rings is 1. The summed E-state index contributed by atoms with van der Waals surface area (Å²) in [5.74, 6) is 0.950. The molecule has 1 aromatic rings. The molecule has 4 nitrogen and oxygen atoms in total. The van der Waals surface area contributed by atoms with Crippen molar-refractivity contribution in [3.8, 4) is 5.75 Å². The van der Waals surface area contributed by atoms with Gasteiger partial charge < -0.3 is 14.7 Å². The van der Waals surface area contributed by atoms with Gasteiger partial charge in [0.15, 0.2) is 0 Å². The van der Waals surface area contributed by atoms with Crippen LogP contribution >= 0.6 is 0 Å². The second kappa shape index (κ2) is 8.59. The second-order valence-electron chi connectivity index (χ2n) is 5.17. The minimum absolute atomic E-state index is 0.0995. The number of aliphatic hydroxyl groups is 1. The monoisotopic (exact) mass is 279 g/mol. The summed E-state index contributed by atoms with van der Waals surface area (Å²) in [6.45, 7) is 5.29. The lowest BCUT2D eigenvalue weighted by Crippen LogP contribution is -2.30. The van der Waals surface area contributed by atoms with Crippen LogP contribution in [0.2, 0.25) is 0 Å². The maximum Gasteiger partial charge on any atom is 0.222 e. The van der Waals surface area contributed by atoms with Crippen molar-refractivity contribution in [1.82, 2.24) is 4.90 Å². The molecule has 0 atom stereocenters. The molecule has 0 heterocycles. The van der Waals surface area contributed by atoms with E-state index in [1.54, 1.807) is 11.9 Å². The molecule has 0 saturated heterocycles. The Morgan fingerprint density at radius 2 is 1.85 bits per heavy atom. The molecule has 0 aromatic heterocycles. The normalized spacial score (nSPS) is 10.4. The molecule has 0 spiro atoms. The molecular weight excluding hydrogens is 254 g/mol. The lowest BCUT2D eigenvalue weighted by molar-refractivity contribution is -0.130. The van der Waals surface area contributed by atoms with Crippen molar-refractivity contribution in [2.24, 2.45) is 0 Å². The van der Waals surface area contributed by atoms with Crippen molar-refractivity contribution in [1.29, 1.82) is 0 Å². The van der Waals surface area contributed by atoms with E-state index in [0.29, 0.717) is 26.0 Å². The highest BCUT2D eigenvalue weighted by atomic mass is 16.5. The van der Waals surface area contributed by atoms with E-state index in [4.69, 9.17) is 9.84 Å². The first-order valence-corrected chi connectivity index (χ1v) is 7.09. The Morgan fingerprint density at radius 1 is 1.20 bits per heavy atom. The van der Waals surface area contributed by atoms with E-state index in [2.05, 4.69) is 6.07 Å². The Morgan fingerprint density at radius 3 is 2.45 bits per heavy atom. The number of nitrogens with zero attached hydrogens (tertiary/aromatic N) is 1. The lowest BCUT2D eigenvalue weighted by atomic mass is 10.1. The minimum Gasteiger partial charge on any atom is -0.492 e. The van der Waals surface area contributed by atoms with E-state index in [1.165, 1.54) is 11.1 Å². The van der Waals surface area contributed by atoms with E-state index >= 15 is 0 Å². The zero-order valence-electron chi connectivity index (χ0n) is 12.7. The van der Waals surface area contributed by atoms with Crippen molar-refractivity contribution in [2.45, 2.75) is 33.1 Å². The molecule has 0 aliphatic carbocycles. The molecule has 20 heavy (non-hydrogen) atoms. The molecule has 1 aromatic carbocycles. The number of carbonyl (C=O) groups is 1. The van der Waals surface area contributed by atoms with Crippen LogP contribution in [0.4, 0.5) is 0 Å². The smallest absolute Gasteiger partial charge is 0.222 e. The van der Waals surface area contributed by atoms with Crippen LogP contribution in [0.1, 0.15) is 30.4 Å². The van der Waals surface area contributed by atoms with Crippen LogP contribution in [-0.4, -0.2) is 42.7 Å². The van der Waals surface area contributed by atoms with Crippen LogP contribution in [0.5, 0.6) is 5.75 Å². The zero-order chi connectivity index (χ0) is 15.0. The molecule has 0 unspecified atom stereocenters. The predicted octanol–water partition coefficient (Wildman–Crippen LogP) is 2.30. The average molecular weight is 279 g/mol. The van der Waals surface area contributed by atoms with Crippen molar-refractivity contribution in [2.75, 3.05) is 26.8 Å². The molecule has 1 amide bonds. The summed E-state index contributed by atoms with van der Waals surface area (Å²) in [6.07, 6.45) is 1.90. The van der Waals surface area contributed by atoms with Gasteiger partial charge in [0.1, 0.15) is 12.4 Å². The molecule has 112 valence electrons. The average Bonchev–Trinajstić information content (AvgIpc) is 2.37. The summed E-state index contributed by atoms with van der Waals surface area (Å²) < 4.78 is 5.68. The van der Waals surface area contributed by atoms with Gasteiger partial charge in [0.05, 0.1) is 6.54 Å². The van der Waals surface area contributed by atoms with Crippen molar-refractivity contribution in [3.05, 3.63) is 29.3 Å². The van der Waals surface area contributed by atoms with Gasteiger partial charge in [-0.2, -0.15) is 0 Å². The van der Waals surface area contributed by atoms with Crippen molar-refractivity contribution >= 4 is 5.91 Å². The van der Waals surface area contributed by atoms with Crippen LogP contribution in [0.25, 0.3) is 0 Å². The fourth-order valence-corrected chi connectivity index (χ4v) is 2.02. The highest BCUT2D eigenvalue weighted by molar-refractivity contribution is 5.75. The Hall–Kier alpha value is -1.55. The maximum absolute atomic E-state index is 11.8. The Kier molecular flexibility index (Phi) is 7.09. The van der Waals surface area contributed by atoms with E-state index < -0.39 is 0 Å². The zero-order valence-corrected chi connectivity index (χ0v) is 12.7. The van der Waals surface area contributed by atoms with Gasteiger partial charge >= 0.3 is 0 Å². The van der Waals surface area contributed by atoms with E-state index in [1.807, 2.05) is 26.0 Å². The quantitative estimate of drug-likeness (QED) is 0.743. The number of carbonyl (C=O) groups excluding carboxylic acids is 1. The number of hydrogen-bond acceptors (Lipinski definition) is 3. The Bertz CT molecular complexity index is 411. The minimum atomic E-state index is 0.0995. The lowest BCUT2D eigenvalue weighted by Gasteiger charge is -2.17. The number of amides is 1. The predicted molar refractivity (Wildman–Crippen MR) is 80.0 cm³/mol. The second-order valence-corrected chi connectivity index (χ2v) is 5.17. The molecular formula is C16H25NO3. The van der Waals surface area contributed by atoms with E-state index in [-0.39, 0.29) is 12.5 Å². The number of aliphatic hydroxyl groups excluding tert-OH is 1. The number of ether oxygens (including phenoxy) is 1. The van der Waals surface area contributed by atoms with Crippen molar-refractivity contribution in [3.63, 3.8) is 0 Å². The molecule has 0 saturated carbocycles. The van der Waals surface area contributed by atoms with E-state index in [9.17, 15) is 4.79 Å². The largest absolute Gasteiger partial charge is 0.492 e. The molecule has 0 fully saturated rings. The molecule has 1 rings (SSSR count). The van der Waals surface area contributed by atoms with Gasteiger partial charge in [-0.15, -0.1) is 0 Å². The van der Waals surface area contributed by atoms with Gasteiger partial charge in [0.2, 0.25) is 5.91 Å². The molecule has 0 radical (unpaired) electrons. The number of hydrogen-bond donors (Lipinski definition) is 1. The Labute approximate surface area is 121 Å². The first-order valence-electron chi connectivity index (χ1n) is 7.09. The van der Waals surface area contributed by atoms with Gasteiger partial charge in [-0.05, 0) is 49.9 Å². The SMILES string of the molecule is Cc1cc(C)cc(OCCN(C)C(=O)CCCCO)c1. The van der Waals surface area contributed by atoms with Crippen LogP contribution in [0.3, 0.4) is 0 Å². The number of likely N-dealkylation sites (N-methyl/N-ethyl adjacent to an activating group) is 1. The third-order valence-corrected chi connectivity index (χ3v) is 3.12. The number of aryl methyl sites for hydroxylation is 2. The molecule has 0 bridgehead atoms. The van der Waals surface area contributed by atoms with Crippen LogP contribution in [0, 0.1) is 13.8 Å². The van der Waals surface area contributed by atoms with Crippen molar-refractivity contribution < 1.29 is 14.6 Å². The molecule has 4 heteroatoms. The van der Waals surface area contributed by atoms with Gasteiger partial charge in [0, 0.05) is 20.1 Å². The third kappa shape index (κ3) is 6.06. The fraction of sp³-hybridized carbons (Fsp3) is 0.562. The highest BCUT2D eigenvalue weighted by Gasteiger charge is 2.08. The summed E-state index contributed by atoms with van der Waals surface area (Å²) in [6, 6.07) is 6.09. The summed E-state index contributed by atoms with van der Waals surface area (Å²) in [7, 11) is 1.78. The van der Waals surface area contributed by atoms with Gasteiger partial charge in [-0.1, -0.05) is 6.07 Å². The highest BCUT2D eigenvalue weighted by Crippen LogP contribution is 2.16. The van der Waals surface area contributed by atoms with Crippen LogP contribution < -0.4 is 4.74 Å². The summed E-state index contributed by atoms with van der Waals surface area (Å²) in [5.41, 5.74) is 2.35. The first-order chi connectivity index (χ1) is 9.52. The summed E-state index contributed by atoms with van der Waals surface area (Å²) in [4.78, 5) is 13.4. The standard InChI is InChI=1S/C16H25NO3/c1-13-10-14(2)12-15(11-13)20-9-7-17(3)16(19)6-4-5-8-18/h10-12,18H,4-9H2,1-3H3. The molecule has 0 aliphatic rings. The first kappa shape index (κ1) is 16.5. The van der Waals surface area contributed by atoms with Gasteiger partial charge in [-0.3, -0.25) is 4.79 Å². The summed E-state index contributed by atoms with van der Waals surface area (Å²) in [5, 5.41) is 8.69. The maximum atomic E-state index is 11.8.